The summed E-state index contributed by atoms with van der Waals surface area (Å²) in [5, 5.41) is 0.279. The Labute approximate surface area is 95.0 Å². The van der Waals surface area contributed by atoms with E-state index in [-0.39, 0.29) is 10.5 Å². The van der Waals surface area contributed by atoms with Gasteiger partial charge >= 0.3 is 0 Å². The minimum absolute atomic E-state index is 0.233. The van der Waals surface area contributed by atoms with E-state index in [4.69, 9.17) is 11.0 Å². The van der Waals surface area contributed by atoms with Crippen molar-refractivity contribution in [2.45, 2.75) is 51.7 Å². The quantitative estimate of drug-likeness (QED) is 0.525. The Morgan fingerprint density at radius 2 is 1.87 bits per heavy atom. The summed E-state index contributed by atoms with van der Waals surface area (Å²) in [6.45, 7) is 19.7. The van der Waals surface area contributed by atoms with Gasteiger partial charge in [0.25, 0.3) is 0 Å². The third-order valence-corrected chi connectivity index (χ3v) is 8.40. The van der Waals surface area contributed by atoms with E-state index in [9.17, 15) is 0 Å². The highest BCUT2D eigenvalue weighted by Gasteiger charge is 2.49. The van der Waals surface area contributed by atoms with Gasteiger partial charge < -0.3 is 9.27 Å². The van der Waals surface area contributed by atoms with Crippen LogP contribution in [-0.2, 0) is 4.43 Å². The second-order valence-corrected chi connectivity index (χ2v) is 11.2. The predicted octanol–water partition coefficient (Wildman–Crippen LogP) is 3.71. The lowest BCUT2D eigenvalue weighted by Crippen LogP contribution is -2.42. The molecule has 0 amide bonds. The largest absolute Gasteiger partial charge is 0.416 e. The van der Waals surface area contributed by atoms with Crippen molar-refractivity contribution >= 4 is 8.32 Å². The summed E-state index contributed by atoms with van der Waals surface area (Å²) < 4.78 is 6.17. The molecule has 1 aliphatic carbocycles. The van der Waals surface area contributed by atoms with E-state index in [0.717, 1.165) is 6.61 Å². The van der Waals surface area contributed by atoms with E-state index >= 15 is 0 Å². The van der Waals surface area contributed by atoms with Crippen LogP contribution >= 0.6 is 0 Å². The molecule has 0 aromatic rings. The van der Waals surface area contributed by atoms with Crippen LogP contribution in [0.15, 0.2) is 0 Å². The summed E-state index contributed by atoms with van der Waals surface area (Å²) in [7, 11) is -1.61. The first-order valence-corrected chi connectivity index (χ1v) is 8.61. The van der Waals surface area contributed by atoms with Crippen LogP contribution in [0.1, 0.15) is 33.6 Å². The maximum atomic E-state index is 6.94. The van der Waals surface area contributed by atoms with Crippen LogP contribution in [0, 0.1) is 12.0 Å². The van der Waals surface area contributed by atoms with E-state index in [2.05, 4.69) is 38.7 Å². The molecule has 0 spiro atoms. The second-order valence-electron chi connectivity index (χ2n) is 6.37. The van der Waals surface area contributed by atoms with Crippen molar-refractivity contribution < 1.29 is 4.43 Å². The van der Waals surface area contributed by atoms with E-state index in [1.54, 1.807) is 0 Å². The first-order chi connectivity index (χ1) is 6.72. The zero-order valence-electron chi connectivity index (χ0n) is 10.7. The summed E-state index contributed by atoms with van der Waals surface area (Å²) >= 11 is 0. The van der Waals surface area contributed by atoms with Gasteiger partial charge in [0, 0.05) is 6.61 Å². The molecule has 15 heavy (non-hydrogen) atoms. The number of hydrogen-bond acceptors (Lipinski definition) is 1. The number of rotatable bonds is 4. The molecule has 0 aromatic carbocycles. The van der Waals surface area contributed by atoms with Gasteiger partial charge in [-0.15, -0.1) is 0 Å². The topological polar surface area (TPSA) is 13.6 Å². The van der Waals surface area contributed by atoms with Crippen molar-refractivity contribution in [1.29, 1.82) is 0 Å². The summed E-state index contributed by atoms with van der Waals surface area (Å²) in [4.78, 5) is 3.52. The average molecular weight is 225 g/mol. The fraction of sp³-hybridized carbons (Fsp3) is 0.917. The first-order valence-electron chi connectivity index (χ1n) is 5.70. The molecule has 0 saturated heterocycles. The molecule has 0 unspecified atom stereocenters. The van der Waals surface area contributed by atoms with Gasteiger partial charge in [-0.25, -0.2) is 6.57 Å². The number of hydrogen-bond donors (Lipinski definition) is 0. The molecule has 3 heteroatoms. The van der Waals surface area contributed by atoms with E-state index in [0.29, 0.717) is 6.54 Å². The van der Waals surface area contributed by atoms with E-state index < -0.39 is 8.32 Å². The lowest BCUT2D eigenvalue weighted by molar-refractivity contribution is 0.223. The van der Waals surface area contributed by atoms with E-state index in [1.807, 2.05) is 0 Å². The Morgan fingerprint density at radius 3 is 2.20 bits per heavy atom. The summed E-state index contributed by atoms with van der Waals surface area (Å²) in [6, 6.07) is 0. The van der Waals surface area contributed by atoms with Crippen LogP contribution in [0.5, 0.6) is 0 Å². The van der Waals surface area contributed by atoms with Gasteiger partial charge in [0.15, 0.2) is 8.32 Å². The van der Waals surface area contributed by atoms with Crippen LogP contribution < -0.4 is 0 Å². The molecule has 1 aliphatic rings. The first kappa shape index (κ1) is 12.7. The van der Waals surface area contributed by atoms with Crippen LogP contribution in [0.3, 0.4) is 0 Å². The Balaban J connectivity index is 2.47. The van der Waals surface area contributed by atoms with E-state index in [1.165, 1.54) is 12.8 Å². The monoisotopic (exact) mass is 225 g/mol. The van der Waals surface area contributed by atoms with Gasteiger partial charge in [0.1, 0.15) is 0 Å². The van der Waals surface area contributed by atoms with Crippen molar-refractivity contribution in [1.82, 2.24) is 0 Å². The summed E-state index contributed by atoms with van der Waals surface area (Å²) in [5.41, 5.74) is 0.233. The highest BCUT2D eigenvalue weighted by molar-refractivity contribution is 6.74. The Kier molecular flexibility index (Phi) is 3.32. The molecule has 1 saturated carbocycles. The predicted molar refractivity (Wildman–Crippen MR) is 66.3 cm³/mol. The minimum atomic E-state index is -1.61. The average Bonchev–Trinajstić information content (AvgIpc) is 2.81. The molecular formula is C12H23NOSi. The normalized spacial score (nSPS) is 19.7. The van der Waals surface area contributed by atoms with Gasteiger partial charge in [-0.3, -0.25) is 0 Å². The molecule has 2 nitrogen and oxygen atoms in total. The molecule has 0 aliphatic heterocycles. The van der Waals surface area contributed by atoms with Crippen molar-refractivity contribution in [2.75, 3.05) is 13.2 Å². The number of nitrogens with zero attached hydrogens (tertiary/aromatic N) is 1. The Bertz CT molecular complexity index is 268. The molecule has 0 radical (unpaired) electrons. The highest BCUT2D eigenvalue weighted by Crippen LogP contribution is 2.48. The molecular weight excluding hydrogens is 202 g/mol. The van der Waals surface area contributed by atoms with Crippen molar-refractivity contribution in [3.05, 3.63) is 11.4 Å². The van der Waals surface area contributed by atoms with Crippen LogP contribution in [-0.4, -0.2) is 21.5 Å². The minimum Gasteiger partial charge on any atom is -0.416 e. The molecule has 1 fully saturated rings. The maximum Gasteiger partial charge on any atom is 0.222 e. The standard InChI is InChI=1S/C12H23NOSi/c1-11(2,3)15(5,6)14-10-12(7-8-12)9-13-4/h7-10H2,1-3,5-6H3. The van der Waals surface area contributed by atoms with Gasteiger partial charge in [-0.1, -0.05) is 20.8 Å². The van der Waals surface area contributed by atoms with Crippen LogP contribution in [0.25, 0.3) is 4.85 Å². The summed E-state index contributed by atoms with van der Waals surface area (Å²) in [6.07, 6.45) is 2.37. The third-order valence-electron chi connectivity index (χ3n) is 3.92. The van der Waals surface area contributed by atoms with Crippen LogP contribution in [0.4, 0.5) is 0 Å². The smallest absolute Gasteiger partial charge is 0.222 e. The van der Waals surface area contributed by atoms with Gasteiger partial charge in [-0.2, -0.15) is 0 Å². The molecule has 86 valence electrons. The lowest BCUT2D eigenvalue weighted by atomic mass is 10.1. The third kappa shape index (κ3) is 3.06. The zero-order chi connectivity index (χ0) is 11.7. The molecule has 0 heterocycles. The van der Waals surface area contributed by atoms with Gasteiger partial charge in [0.2, 0.25) is 6.54 Å². The Morgan fingerprint density at radius 1 is 1.33 bits per heavy atom. The highest BCUT2D eigenvalue weighted by atomic mass is 28.4. The van der Waals surface area contributed by atoms with Crippen molar-refractivity contribution in [3.63, 3.8) is 0 Å². The van der Waals surface area contributed by atoms with Gasteiger partial charge in [0.05, 0.1) is 5.41 Å². The fourth-order valence-electron chi connectivity index (χ4n) is 1.24. The summed E-state index contributed by atoms with van der Waals surface area (Å²) in [5.74, 6) is 0. The van der Waals surface area contributed by atoms with Crippen LogP contribution in [0.2, 0.25) is 18.1 Å². The molecule has 0 aromatic heterocycles. The lowest BCUT2D eigenvalue weighted by Gasteiger charge is -2.36. The molecule has 1 rings (SSSR count). The molecule has 0 bridgehead atoms. The SMILES string of the molecule is [C-]#[N+]CC1(CO[Si](C)(C)C(C)(C)C)CC1. The van der Waals surface area contributed by atoms with Crippen molar-refractivity contribution in [2.24, 2.45) is 5.41 Å². The fourth-order valence-corrected chi connectivity index (χ4v) is 2.34. The second kappa shape index (κ2) is 3.91. The van der Waals surface area contributed by atoms with Gasteiger partial charge in [-0.05, 0) is 31.0 Å². The Hall–Kier alpha value is -0.333. The molecule has 0 N–H and O–H groups in total. The zero-order valence-corrected chi connectivity index (χ0v) is 11.7. The molecule has 0 atom stereocenters. The van der Waals surface area contributed by atoms with Crippen molar-refractivity contribution in [3.8, 4) is 0 Å². The maximum absolute atomic E-state index is 6.94.